The van der Waals surface area contributed by atoms with Crippen molar-refractivity contribution in [1.82, 2.24) is 5.32 Å². The molecule has 4 nitrogen and oxygen atoms in total. The first-order valence-corrected chi connectivity index (χ1v) is 8.41. The molecule has 0 spiro atoms. The van der Waals surface area contributed by atoms with Gasteiger partial charge in [0.05, 0.1) is 12.5 Å². The molecule has 1 unspecified atom stereocenters. The molecule has 2 aromatic carbocycles. The third-order valence-electron chi connectivity index (χ3n) is 4.22. The molecule has 1 heterocycles. The van der Waals surface area contributed by atoms with Gasteiger partial charge in [0, 0.05) is 11.6 Å². The highest BCUT2D eigenvalue weighted by atomic mass is 35.5. The number of halogens is 1. The Morgan fingerprint density at radius 3 is 2.71 bits per heavy atom. The van der Waals surface area contributed by atoms with Gasteiger partial charge in [-0.25, -0.2) is 0 Å². The average Bonchev–Trinajstić information content (AvgIpc) is 2.61. The van der Waals surface area contributed by atoms with Crippen molar-refractivity contribution < 1.29 is 14.6 Å². The van der Waals surface area contributed by atoms with Gasteiger partial charge < -0.3 is 15.2 Å². The zero-order valence-electron chi connectivity index (χ0n) is 13.3. The number of aliphatic hydroxyl groups is 1. The highest BCUT2D eigenvalue weighted by Gasteiger charge is 2.25. The van der Waals surface area contributed by atoms with E-state index < -0.39 is 0 Å². The van der Waals surface area contributed by atoms with Gasteiger partial charge in [0.25, 0.3) is 0 Å². The minimum atomic E-state index is -0.187. The predicted octanol–water partition coefficient (Wildman–Crippen LogP) is 2.74. The van der Waals surface area contributed by atoms with Gasteiger partial charge in [0.1, 0.15) is 12.4 Å². The van der Waals surface area contributed by atoms with Crippen LogP contribution in [0.25, 0.3) is 0 Å². The van der Waals surface area contributed by atoms with E-state index in [0.717, 1.165) is 28.9 Å². The van der Waals surface area contributed by atoms with E-state index in [-0.39, 0.29) is 18.4 Å². The van der Waals surface area contributed by atoms with E-state index in [9.17, 15) is 4.79 Å². The van der Waals surface area contributed by atoms with Crippen molar-refractivity contribution in [3.05, 3.63) is 64.2 Å². The molecule has 0 aromatic heterocycles. The number of amides is 1. The van der Waals surface area contributed by atoms with Crippen LogP contribution in [0.5, 0.6) is 5.75 Å². The number of aliphatic hydroxyl groups excluding tert-OH is 1. The Balaban J connectivity index is 1.50. The quantitative estimate of drug-likeness (QED) is 0.876. The number of benzene rings is 2. The summed E-state index contributed by atoms with van der Waals surface area (Å²) < 4.78 is 5.66. The number of rotatable bonds is 5. The lowest BCUT2D eigenvalue weighted by Crippen LogP contribution is -2.38. The molecular formula is C19H20ClNO3. The van der Waals surface area contributed by atoms with E-state index in [4.69, 9.17) is 21.4 Å². The van der Waals surface area contributed by atoms with Crippen LogP contribution >= 0.6 is 11.6 Å². The number of hydrogen-bond acceptors (Lipinski definition) is 3. The summed E-state index contributed by atoms with van der Waals surface area (Å²) in [5.41, 5.74) is 3.00. The molecule has 0 radical (unpaired) electrons. The van der Waals surface area contributed by atoms with Crippen molar-refractivity contribution in [2.75, 3.05) is 13.2 Å². The lowest BCUT2D eigenvalue weighted by molar-refractivity contribution is -0.126. The molecule has 1 amide bonds. The molecule has 1 atom stereocenters. The molecule has 1 aliphatic rings. The third kappa shape index (κ3) is 4.08. The van der Waals surface area contributed by atoms with Crippen molar-refractivity contribution in [3.63, 3.8) is 0 Å². The first-order valence-electron chi connectivity index (χ1n) is 8.03. The van der Waals surface area contributed by atoms with Gasteiger partial charge in [0.2, 0.25) is 5.91 Å². The van der Waals surface area contributed by atoms with Crippen LogP contribution in [-0.4, -0.2) is 24.2 Å². The van der Waals surface area contributed by atoms with E-state index >= 15 is 0 Å². The van der Waals surface area contributed by atoms with Gasteiger partial charge in [-0.05, 0) is 47.7 Å². The van der Waals surface area contributed by atoms with Gasteiger partial charge in [-0.3, -0.25) is 4.79 Å². The molecule has 0 bridgehead atoms. The fourth-order valence-corrected chi connectivity index (χ4v) is 3.01. The lowest BCUT2D eigenvalue weighted by Gasteiger charge is -2.24. The number of carbonyl (C=O) groups is 1. The normalized spacial score (nSPS) is 16.2. The largest absolute Gasteiger partial charge is 0.492 e. The standard InChI is InChI=1S/C19H20ClNO3/c20-17-5-6-18-15(10-17)9-16(12-24-18)19(23)21-8-7-13-1-3-14(11-22)4-2-13/h1-6,10,16,22H,7-9,11-12H2,(H,21,23). The second-order valence-electron chi connectivity index (χ2n) is 5.98. The van der Waals surface area contributed by atoms with Crippen LogP contribution in [-0.2, 0) is 24.2 Å². The summed E-state index contributed by atoms with van der Waals surface area (Å²) in [5, 5.41) is 12.7. The summed E-state index contributed by atoms with van der Waals surface area (Å²) in [6.07, 6.45) is 1.40. The zero-order chi connectivity index (χ0) is 16.9. The summed E-state index contributed by atoms with van der Waals surface area (Å²) in [7, 11) is 0. The van der Waals surface area contributed by atoms with Gasteiger partial charge in [-0.15, -0.1) is 0 Å². The summed E-state index contributed by atoms with van der Waals surface area (Å²) in [4.78, 5) is 12.3. The van der Waals surface area contributed by atoms with Crippen LogP contribution in [0.4, 0.5) is 0 Å². The van der Waals surface area contributed by atoms with Crippen LogP contribution < -0.4 is 10.1 Å². The van der Waals surface area contributed by atoms with Crippen molar-refractivity contribution >= 4 is 17.5 Å². The first-order chi connectivity index (χ1) is 11.7. The minimum Gasteiger partial charge on any atom is -0.492 e. The van der Waals surface area contributed by atoms with E-state index in [0.29, 0.717) is 24.6 Å². The van der Waals surface area contributed by atoms with Crippen LogP contribution in [0.15, 0.2) is 42.5 Å². The number of carbonyl (C=O) groups excluding carboxylic acids is 1. The summed E-state index contributed by atoms with van der Waals surface area (Å²) >= 11 is 6.01. The molecule has 0 fully saturated rings. The number of nitrogens with one attached hydrogen (secondary N) is 1. The van der Waals surface area contributed by atoms with Gasteiger partial charge in [-0.2, -0.15) is 0 Å². The molecular weight excluding hydrogens is 326 g/mol. The molecule has 126 valence electrons. The van der Waals surface area contributed by atoms with Crippen LogP contribution in [0.2, 0.25) is 5.02 Å². The topological polar surface area (TPSA) is 58.6 Å². The number of hydrogen-bond donors (Lipinski definition) is 2. The Kier molecular flexibility index (Phi) is 5.38. The maximum absolute atomic E-state index is 12.3. The van der Waals surface area contributed by atoms with Crippen LogP contribution in [0.3, 0.4) is 0 Å². The maximum atomic E-state index is 12.3. The smallest absolute Gasteiger partial charge is 0.226 e. The average molecular weight is 346 g/mol. The van der Waals surface area contributed by atoms with E-state index in [2.05, 4.69) is 5.32 Å². The Hall–Kier alpha value is -2.04. The van der Waals surface area contributed by atoms with Crippen molar-refractivity contribution in [2.24, 2.45) is 5.92 Å². The molecule has 5 heteroatoms. The highest BCUT2D eigenvalue weighted by Crippen LogP contribution is 2.29. The predicted molar refractivity (Wildman–Crippen MR) is 93.2 cm³/mol. The third-order valence-corrected chi connectivity index (χ3v) is 4.45. The SMILES string of the molecule is O=C(NCCc1ccc(CO)cc1)C1COc2ccc(Cl)cc2C1. The van der Waals surface area contributed by atoms with E-state index in [1.54, 1.807) is 6.07 Å². The summed E-state index contributed by atoms with van der Waals surface area (Å²) in [6.45, 7) is 1.02. The fraction of sp³-hybridized carbons (Fsp3) is 0.316. The van der Waals surface area contributed by atoms with Crippen LogP contribution in [0, 0.1) is 5.92 Å². The van der Waals surface area contributed by atoms with Crippen molar-refractivity contribution in [3.8, 4) is 5.75 Å². The molecule has 1 aliphatic heterocycles. The maximum Gasteiger partial charge on any atom is 0.226 e. The highest BCUT2D eigenvalue weighted by molar-refractivity contribution is 6.30. The second-order valence-corrected chi connectivity index (χ2v) is 6.42. The zero-order valence-corrected chi connectivity index (χ0v) is 14.1. The summed E-state index contributed by atoms with van der Waals surface area (Å²) in [6, 6.07) is 13.2. The summed E-state index contributed by atoms with van der Waals surface area (Å²) in [5.74, 6) is 0.632. The van der Waals surface area contributed by atoms with E-state index in [1.807, 2.05) is 36.4 Å². The van der Waals surface area contributed by atoms with Crippen LogP contribution in [0.1, 0.15) is 16.7 Å². The Labute approximate surface area is 146 Å². The first kappa shape index (κ1) is 16.8. The second kappa shape index (κ2) is 7.69. The van der Waals surface area contributed by atoms with Gasteiger partial charge in [-0.1, -0.05) is 35.9 Å². The molecule has 2 N–H and O–H groups in total. The molecule has 0 saturated heterocycles. The molecule has 0 aliphatic carbocycles. The number of ether oxygens (including phenoxy) is 1. The van der Waals surface area contributed by atoms with Crippen molar-refractivity contribution in [2.45, 2.75) is 19.4 Å². The molecule has 0 saturated carbocycles. The van der Waals surface area contributed by atoms with Crippen molar-refractivity contribution in [1.29, 1.82) is 0 Å². The van der Waals surface area contributed by atoms with Gasteiger partial charge in [0.15, 0.2) is 0 Å². The molecule has 24 heavy (non-hydrogen) atoms. The Bertz CT molecular complexity index is 715. The Morgan fingerprint density at radius 2 is 1.96 bits per heavy atom. The van der Waals surface area contributed by atoms with E-state index in [1.165, 1.54) is 0 Å². The lowest BCUT2D eigenvalue weighted by atomic mass is 9.96. The fourth-order valence-electron chi connectivity index (χ4n) is 2.82. The Morgan fingerprint density at radius 1 is 1.21 bits per heavy atom. The minimum absolute atomic E-state index is 0.00704. The number of fused-ring (bicyclic) bond motifs is 1. The van der Waals surface area contributed by atoms with Gasteiger partial charge >= 0.3 is 0 Å². The molecule has 2 aromatic rings. The monoisotopic (exact) mass is 345 g/mol. The molecule has 3 rings (SSSR count).